The quantitative estimate of drug-likeness (QED) is 0.524. The molecule has 0 saturated carbocycles. The van der Waals surface area contributed by atoms with Gasteiger partial charge in [-0.2, -0.15) is 4.57 Å². The molecule has 0 aliphatic carbocycles. The van der Waals surface area contributed by atoms with Crippen LogP contribution in [0.25, 0.3) is 0 Å². The highest BCUT2D eigenvalue weighted by Gasteiger charge is 2.33. The topological polar surface area (TPSA) is 77.1 Å². The van der Waals surface area contributed by atoms with Gasteiger partial charge in [-0.3, -0.25) is 0 Å². The Balaban J connectivity index is 1.79. The molecule has 150 valence electrons. The van der Waals surface area contributed by atoms with E-state index in [4.69, 9.17) is 13.6 Å². The van der Waals surface area contributed by atoms with Crippen molar-refractivity contribution in [1.82, 2.24) is 4.90 Å². The van der Waals surface area contributed by atoms with E-state index in [9.17, 15) is 9.36 Å². The molecule has 1 N–H and O–H groups in total. The minimum atomic E-state index is -4.04. The van der Waals surface area contributed by atoms with Gasteiger partial charge < -0.3 is 23.8 Å². The molecule has 7 nitrogen and oxygen atoms in total. The molecule has 0 heterocycles. The first kappa shape index (κ1) is 20.3. The first-order valence-electron chi connectivity index (χ1n) is 8.81. The van der Waals surface area contributed by atoms with Crippen molar-refractivity contribution in [2.75, 3.05) is 19.4 Å². The van der Waals surface area contributed by atoms with Gasteiger partial charge in [-0.25, -0.2) is 4.79 Å². The molecule has 0 bridgehead atoms. The lowest BCUT2D eigenvalue weighted by Crippen LogP contribution is -2.27. The van der Waals surface area contributed by atoms with E-state index in [2.05, 4.69) is 5.32 Å². The maximum Gasteiger partial charge on any atom is 0.647 e. The largest absolute Gasteiger partial charge is 0.647 e. The van der Waals surface area contributed by atoms with Crippen LogP contribution in [-0.4, -0.2) is 25.0 Å². The first-order chi connectivity index (χ1) is 13.9. The summed E-state index contributed by atoms with van der Waals surface area (Å²) in [7, 11) is -0.751. The smallest absolute Gasteiger partial charge is 0.386 e. The Bertz CT molecular complexity index is 933. The highest BCUT2D eigenvalue weighted by molar-refractivity contribution is 7.49. The Morgan fingerprint density at radius 1 is 0.724 bits per heavy atom. The molecule has 2 amide bonds. The van der Waals surface area contributed by atoms with Crippen LogP contribution in [-0.2, 0) is 4.57 Å². The van der Waals surface area contributed by atoms with Gasteiger partial charge in [-0.1, -0.05) is 36.4 Å². The lowest BCUT2D eigenvalue weighted by Gasteiger charge is -2.19. The van der Waals surface area contributed by atoms with Gasteiger partial charge in [0.05, 0.1) is 0 Å². The zero-order valence-electron chi connectivity index (χ0n) is 16.0. The minimum Gasteiger partial charge on any atom is -0.386 e. The number of urea groups is 1. The molecule has 29 heavy (non-hydrogen) atoms. The molecule has 0 aliphatic rings. The van der Waals surface area contributed by atoms with Crippen LogP contribution in [0, 0.1) is 0 Å². The van der Waals surface area contributed by atoms with E-state index in [0.717, 1.165) is 0 Å². The number of amides is 2. The summed E-state index contributed by atoms with van der Waals surface area (Å²) in [6.07, 6.45) is 0. The van der Waals surface area contributed by atoms with Crippen molar-refractivity contribution in [1.29, 1.82) is 0 Å². The molecule has 3 aromatic rings. The van der Waals surface area contributed by atoms with E-state index in [0.29, 0.717) is 17.2 Å². The number of anilines is 1. The number of nitrogens with one attached hydrogen (secondary N) is 1. The van der Waals surface area contributed by atoms with Crippen molar-refractivity contribution in [2.45, 2.75) is 0 Å². The van der Waals surface area contributed by atoms with Gasteiger partial charge in [0.2, 0.25) is 0 Å². The zero-order valence-corrected chi connectivity index (χ0v) is 16.9. The number of para-hydroxylation sites is 2. The Hall–Kier alpha value is -3.44. The molecule has 0 fully saturated rings. The second kappa shape index (κ2) is 9.17. The van der Waals surface area contributed by atoms with Gasteiger partial charge in [0.15, 0.2) is 0 Å². The van der Waals surface area contributed by atoms with E-state index >= 15 is 0 Å². The third-order valence-electron chi connectivity index (χ3n) is 3.65. The van der Waals surface area contributed by atoms with E-state index in [1.54, 1.807) is 86.9 Å². The van der Waals surface area contributed by atoms with Crippen LogP contribution in [0.1, 0.15) is 0 Å². The van der Waals surface area contributed by atoms with Gasteiger partial charge >= 0.3 is 13.9 Å². The number of nitrogens with zero attached hydrogens (tertiary/aromatic N) is 1. The third-order valence-corrected chi connectivity index (χ3v) is 4.95. The molecule has 0 spiro atoms. The van der Waals surface area contributed by atoms with Crippen LogP contribution in [0.3, 0.4) is 0 Å². The van der Waals surface area contributed by atoms with Gasteiger partial charge in [-0.05, 0) is 48.5 Å². The van der Waals surface area contributed by atoms with E-state index in [1.807, 2.05) is 12.1 Å². The van der Waals surface area contributed by atoms with Crippen LogP contribution in [0.5, 0.6) is 17.2 Å². The maximum absolute atomic E-state index is 13.3. The van der Waals surface area contributed by atoms with Crippen molar-refractivity contribution in [2.24, 2.45) is 0 Å². The summed E-state index contributed by atoms with van der Waals surface area (Å²) in [5.41, 5.74) is 0.568. The number of carbonyl (C=O) groups excluding carboxylic acids is 1. The molecule has 0 unspecified atom stereocenters. The first-order valence-corrected chi connectivity index (χ1v) is 10.3. The van der Waals surface area contributed by atoms with Crippen molar-refractivity contribution in [3.05, 3.63) is 84.9 Å². The molecule has 3 aromatic carbocycles. The third kappa shape index (κ3) is 6.02. The van der Waals surface area contributed by atoms with Gasteiger partial charge in [0.25, 0.3) is 0 Å². The molecule has 0 aromatic heterocycles. The minimum absolute atomic E-state index is 0.260. The Morgan fingerprint density at radius 3 is 1.55 bits per heavy atom. The fraction of sp³-hybridized carbons (Fsp3) is 0.0952. The predicted molar refractivity (Wildman–Crippen MR) is 112 cm³/mol. The van der Waals surface area contributed by atoms with Crippen molar-refractivity contribution >= 4 is 19.5 Å². The molecule has 8 heteroatoms. The Labute approximate surface area is 169 Å². The zero-order chi connectivity index (χ0) is 20.7. The molecular weight excluding hydrogens is 391 g/mol. The van der Waals surface area contributed by atoms with Gasteiger partial charge in [0, 0.05) is 19.8 Å². The lowest BCUT2D eigenvalue weighted by molar-refractivity contribution is 0.230. The highest BCUT2D eigenvalue weighted by atomic mass is 31.2. The van der Waals surface area contributed by atoms with E-state index in [1.165, 1.54) is 4.90 Å². The number of rotatable bonds is 7. The number of phosphoric acid groups is 1. The second-order valence-corrected chi connectivity index (χ2v) is 7.64. The number of hydrogen-bond donors (Lipinski definition) is 1. The van der Waals surface area contributed by atoms with Crippen LogP contribution < -0.4 is 18.9 Å². The Kier molecular flexibility index (Phi) is 6.42. The van der Waals surface area contributed by atoms with E-state index in [-0.39, 0.29) is 11.8 Å². The van der Waals surface area contributed by atoms with Crippen molar-refractivity contribution in [3.8, 4) is 17.2 Å². The summed E-state index contributed by atoms with van der Waals surface area (Å²) in [5, 5.41) is 2.71. The number of carbonyl (C=O) groups is 1. The standard InChI is InChI=1S/C21H21N2O5P/c1-23(2)21(24)22-17-13-15-20(16-14-17)28-29(25,26-18-9-5-3-6-10-18)27-19-11-7-4-8-12-19/h3-16H,1-2H3,(H,22,24). The lowest BCUT2D eigenvalue weighted by atomic mass is 10.3. The summed E-state index contributed by atoms with van der Waals surface area (Å²) in [4.78, 5) is 13.1. The van der Waals surface area contributed by atoms with E-state index < -0.39 is 7.82 Å². The molecule has 0 saturated heterocycles. The fourth-order valence-electron chi connectivity index (χ4n) is 2.24. The van der Waals surface area contributed by atoms with Crippen LogP contribution in [0.4, 0.5) is 10.5 Å². The number of phosphoric ester groups is 1. The summed E-state index contributed by atoms with van der Waals surface area (Å²) < 4.78 is 30.1. The normalized spacial score (nSPS) is 10.7. The predicted octanol–water partition coefficient (Wildman–Crippen LogP) is 5.43. The summed E-state index contributed by atoms with van der Waals surface area (Å²) in [6, 6.07) is 23.4. The van der Waals surface area contributed by atoms with Gasteiger partial charge in [0.1, 0.15) is 17.2 Å². The van der Waals surface area contributed by atoms with Gasteiger partial charge in [-0.15, -0.1) is 0 Å². The van der Waals surface area contributed by atoms with Crippen molar-refractivity contribution < 1.29 is 22.9 Å². The Morgan fingerprint density at radius 2 is 1.14 bits per heavy atom. The maximum atomic E-state index is 13.3. The average Bonchev–Trinajstić information content (AvgIpc) is 2.70. The average molecular weight is 412 g/mol. The van der Waals surface area contributed by atoms with Crippen LogP contribution in [0.15, 0.2) is 84.9 Å². The fourth-order valence-corrected chi connectivity index (χ4v) is 3.49. The van der Waals surface area contributed by atoms with Crippen LogP contribution in [0.2, 0.25) is 0 Å². The number of benzene rings is 3. The second-order valence-electron chi connectivity index (χ2n) is 6.20. The summed E-state index contributed by atoms with van der Waals surface area (Å²) >= 11 is 0. The van der Waals surface area contributed by atoms with Crippen LogP contribution >= 0.6 is 7.82 Å². The highest BCUT2D eigenvalue weighted by Crippen LogP contribution is 2.49. The molecule has 0 radical (unpaired) electrons. The van der Waals surface area contributed by atoms with Crippen molar-refractivity contribution in [3.63, 3.8) is 0 Å². The molecule has 0 atom stereocenters. The molecule has 3 rings (SSSR count). The summed E-state index contributed by atoms with van der Waals surface area (Å²) in [6.45, 7) is 0. The molecular formula is C21H21N2O5P. The summed E-state index contributed by atoms with van der Waals surface area (Å²) in [5.74, 6) is 0.964. The SMILES string of the molecule is CN(C)C(=O)Nc1ccc(OP(=O)(Oc2ccccc2)Oc2ccccc2)cc1. The monoisotopic (exact) mass is 412 g/mol. The number of hydrogen-bond acceptors (Lipinski definition) is 5. The molecule has 0 aliphatic heterocycles.